The van der Waals surface area contributed by atoms with Crippen molar-refractivity contribution < 1.29 is 5.11 Å². The minimum absolute atomic E-state index is 0.00991. The largest absolute Gasteiger partial charge is 0.394 e. The molecule has 18 heavy (non-hydrogen) atoms. The molecule has 0 aromatic carbocycles. The average molecular weight is 252 g/mol. The second kappa shape index (κ2) is 5.10. The van der Waals surface area contributed by atoms with E-state index in [-0.39, 0.29) is 5.54 Å². The predicted molar refractivity (Wildman–Crippen MR) is 73.6 cm³/mol. The molecule has 3 rings (SSSR count). The topological polar surface area (TPSA) is 35.5 Å². The zero-order chi connectivity index (χ0) is 12.6. The zero-order valence-corrected chi connectivity index (χ0v) is 11.7. The molecule has 1 heterocycles. The molecule has 0 spiro atoms. The summed E-state index contributed by atoms with van der Waals surface area (Å²) in [4.78, 5) is 2.63. The Hall–Kier alpha value is -0.120. The number of nitrogens with one attached hydrogen (secondary N) is 1. The van der Waals surface area contributed by atoms with Gasteiger partial charge in [0.2, 0.25) is 0 Å². The lowest BCUT2D eigenvalue weighted by Gasteiger charge is -2.35. The highest BCUT2D eigenvalue weighted by atomic mass is 16.3. The van der Waals surface area contributed by atoms with Crippen molar-refractivity contribution in [2.75, 3.05) is 13.2 Å². The van der Waals surface area contributed by atoms with Crippen LogP contribution in [0.15, 0.2) is 0 Å². The minimum atomic E-state index is -0.00991. The monoisotopic (exact) mass is 252 g/mol. The van der Waals surface area contributed by atoms with Crippen molar-refractivity contribution in [3.63, 3.8) is 0 Å². The van der Waals surface area contributed by atoms with Crippen LogP contribution in [0, 0.1) is 0 Å². The molecule has 0 bridgehead atoms. The van der Waals surface area contributed by atoms with Crippen LogP contribution < -0.4 is 5.32 Å². The molecule has 3 fully saturated rings. The molecular formula is C15H28N2O. The van der Waals surface area contributed by atoms with E-state index in [2.05, 4.69) is 17.1 Å². The van der Waals surface area contributed by atoms with Gasteiger partial charge in [-0.3, -0.25) is 4.90 Å². The molecule has 3 nitrogen and oxygen atoms in total. The van der Waals surface area contributed by atoms with Gasteiger partial charge in [-0.1, -0.05) is 19.3 Å². The molecule has 2 atom stereocenters. The van der Waals surface area contributed by atoms with E-state index in [9.17, 15) is 5.11 Å². The van der Waals surface area contributed by atoms with Crippen molar-refractivity contribution in [1.82, 2.24) is 10.2 Å². The third kappa shape index (κ3) is 2.59. The molecule has 2 aliphatic carbocycles. The maximum atomic E-state index is 9.90. The first-order valence-corrected chi connectivity index (χ1v) is 7.87. The van der Waals surface area contributed by atoms with Crippen LogP contribution >= 0.6 is 0 Å². The van der Waals surface area contributed by atoms with Gasteiger partial charge in [0, 0.05) is 24.7 Å². The first-order chi connectivity index (χ1) is 8.72. The van der Waals surface area contributed by atoms with E-state index >= 15 is 0 Å². The summed E-state index contributed by atoms with van der Waals surface area (Å²) < 4.78 is 0. The molecule has 2 saturated carbocycles. The molecule has 1 saturated heterocycles. The fourth-order valence-electron chi connectivity index (χ4n) is 4.09. The summed E-state index contributed by atoms with van der Waals surface area (Å²) >= 11 is 0. The SMILES string of the molecule is CC1CC(CO)(NC2CCCCC2)CN1C1CC1. The van der Waals surface area contributed by atoms with E-state index in [0.29, 0.717) is 18.7 Å². The number of nitrogens with zero attached hydrogens (tertiary/aromatic N) is 1. The Morgan fingerprint density at radius 2 is 1.89 bits per heavy atom. The summed E-state index contributed by atoms with van der Waals surface area (Å²) in [7, 11) is 0. The highest BCUT2D eigenvalue weighted by Gasteiger charge is 2.47. The van der Waals surface area contributed by atoms with E-state index in [1.54, 1.807) is 0 Å². The molecule has 3 heteroatoms. The first-order valence-electron chi connectivity index (χ1n) is 7.87. The molecule has 104 valence electrons. The summed E-state index contributed by atoms with van der Waals surface area (Å²) in [6.07, 6.45) is 10.6. The maximum Gasteiger partial charge on any atom is 0.0626 e. The Labute approximate surface area is 111 Å². The third-order valence-corrected chi connectivity index (χ3v) is 5.17. The lowest BCUT2D eigenvalue weighted by molar-refractivity contribution is 0.137. The molecule has 2 N–H and O–H groups in total. The fourth-order valence-corrected chi connectivity index (χ4v) is 4.09. The molecule has 1 aliphatic heterocycles. The third-order valence-electron chi connectivity index (χ3n) is 5.17. The van der Waals surface area contributed by atoms with Crippen LogP contribution in [-0.2, 0) is 0 Å². The Morgan fingerprint density at radius 1 is 1.17 bits per heavy atom. The van der Waals surface area contributed by atoms with Gasteiger partial charge in [0.05, 0.1) is 12.1 Å². The zero-order valence-electron chi connectivity index (χ0n) is 11.7. The molecule has 3 aliphatic rings. The summed E-state index contributed by atoms with van der Waals surface area (Å²) in [6, 6.07) is 2.11. The van der Waals surface area contributed by atoms with Gasteiger partial charge >= 0.3 is 0 Å². The van der Waals surface area contributed by atoms with Crippen molar-refractivity contribution >= 4 is 0 Å². The Balaban J connectivity index is 1.62. The van der Waals surface area contributed by atoms with Crippen molar-refractivity contribution in [3.8, 4) is 0 Å². The average Bonchev–Trinajstić information content (AvgIpc) is 3.17. The van der Waals surface area contributed by atoms with E-state index in [0.717, 1.165) is 19.0 Å². The molecule has 0 amide bonds. The number of hydrogen-bond acceptors (Lipinski definition) is 3. The van der Waals surface area contributed by atoms with Gasteiger partial charge in [-0.2, -0.15) is 0 Å². The Bertz CT molecular complexity index is 286. The molecular weight excluding hydrogens is 224 g/mol. The van der Waals surface area contributed by atoms with Crippen LogP contribution in [0.2, 0.25) is 0 Å². The van der Waals surface area contributed by atoms with Crippen LogP contribution in [0.4, 0.5) is 0 Å². The van der Waals surface area contributed by atoms with Crippen LogP contribution in [0.25, 0.3) is 0 Å². The summed E-state index contributed by atoms with van der Waals surface area (Å²) in [5, 5.41) is 13.7. The normalized spacial score (nSPS) is 39.3. The Morgan fingerprint density at radius 3 is 2.50 bits per heavy atom. The van der Waals surface area contributed by atoms with Crippen LogP contribution in [-0.4, -0.2) is 46.8 Å². The van der Waals surface area contributed by atoms with Gasteiger partial charge in [-0.15, -0.1) is 0 Å². The van der Waals surface area contributed by atoms with Crippen LogP contribution in [0.3, 0.4) is 0 Å². The number of likely N-dealkylation sites (tertiary alicyclic amines) is 1. The van der Waals surface area contributed by atoms with Crippen LogP contribution in [0.5, 0.6) is 0 Å². The smallest absolute Gasteiger partial charge is 0.0626 e. The van der Waals surface area contributed by atoms with Gasteiger partial charge in [0.25, 0.3) is 0 Å². The first kappa shape index (κ1) is 12.9. The summed E-state index contributed by atoms with van der Waals surface area (Å²) in [5.74, 6) is 0. The lowest BCUT2D eigenvalue weighted by atomic mass is 9.90. The maximum absolute atomic E-state index is 9.90. The van der Waals surface area contributed by atoms with Gasteiger partial charge in [-0.05, 0) is 39.0 Å². The fraction of sp³-hybridized carbons (Fsp3) is 1.00. The highest BCUT2D eigenvalue weighted by Crippen LogP contribution is 2.37. The molecule has 0 radical (unpaired) electrons. The summed E-state index contributed by atoms with van der Waals surface area (Å²) in [6.45, 7) is 3.70. The number of aliphatic hydroxyl groups is 1. The quantitative estimate of drug-likeness (QED) is 0.802. The summed E-state index contributed by atoms with van der Waals surface area (Å²) in [5.41, 5.74) is -0.00991. The molecule has 2 unspecified atom stereocenters. The van der Waals surface area contributed by atoms with Crippen molar-refractivity contribution in [1.29, 1.82) is 0 Å². The van der Waals surface area contributed by atoms with Gasteiger partial charge in [0.1, 0.15) is 0 Å². The van der Waals surface area contributed by atoms with Gasteiger partial charge < -0.3 is 10.4 Å². The minimum Gasteiger partial charge on any atom is -0.394 e. The van der Waals surface area contributed by atoms with E-state index in [1.165, 1.54) is 44.9 Å². The van der Waals surface area contributed by atoms with Crippen molar-refractivity contribution in [2.45, 2.75) is 82.0 Å². The standard InChI is InChI=1S/C15H28N2O/c1-12-9-15(11-18,10-17(12)14-7-8-14)16-13-5-3-2-4-6-13/h12-14,16,18H,2-11H2,1H3. The number of aliphatic hydroxyl groups excluding tert-OH is 1. The second-order valence-electron chi connectivity index (χ2n) is 6.87. The van der Waals surface area contributed by atoms with Gasteiger partial charge in [0.15, 0.2) is 0 Å². The van der Waals surface area contributed by atoms with E-state index in [4.69, 9.17) is 0 Å². The van der Waals surface area contributed by atoms with E-state index < -0.39 is 0 Å². The second-order valence-corrected chi connectivity index (χ2v) is 6.87. The van der Waals surface area contributed by atoms with Crippen molar-refractivity contribution in [3.05, 3.63) is 0 Å². The predicted octanol–water partition coefficient (Wildman–Crippen LogP) is 1.90. The Kier molecular flexibility index (Phi) is 3.65. The highest BCUT2D eigenvalue weighted by molar-refractivity contribution is 5.06. The molecule has 0 aromatic heterocycles. The molecule has 0 aromatic rings. The number of rotatable bonds is 4. The van der Waals surface area contributed by atoms with E-state index in [1.807, 2.05) is 0 Å². The van der Waals surface area contributed by atoms with Gasteiger partial charge in [-0.25, -0.2) is 0 Å². The van der Waals surface area contributed by atoms with Crippen LogP contribution in [0.1, 0.15) is 58.3 Å². The number of hydrogen-bond donors (Lipinski definition) is 2. The van der Waals surface area contributed by atoms with Crippen molar-refractivity contribution in [2.24, 2.45) is 0 Å². The lowest BCUT2D eigenvalue weighted by Crippen LogP contribution is -2.55.